The molecule has 1 saturated heterocycles. The molecule has 1 aromatic heterocycles. The van der Waals surface area contributed by atoms with Crippen LogP contribution >= 0.6 is 11.6 Å². The molecule has 3 atom stereocenters. The van der Waals surface area contributed by atoms with Gasteiger partial charge in [0.1, 0.15) is 0 Å². The summed E-state index contributed by atoms with van der Waals surface area (Å²) in [6.07, 6.45) is 0.486. The van der Waals surface area contributed by atoms with E-state index < -0.39 is 11.7 Å². The molecule has 1 unspecified atom stereocenters. The third-order valence-corrected chi connectivity index (χ3v) is 6.25. The highest BCUT2D eigenvalue weighted by Gasteiger charge is 2.43. The highest BCUT2D eigenvalue weighted by atomic mass is 35.5. The van der Waals surface area contributed by atoms with E-state index in [1.54, 1.807) is 6.07 Å². The van der Waals surface area contributed by atoms with Crippen LogP contribution in [0.1, 0.15) is 24.0 Å². The number of rotatable bonds is 3. The van der Waals surface area contributed by atoms with Crippen LogP contribution in [-0.2, 0) is 12.7 Å². The molecule has 0 bridgehead atoms. The minimum atomic E-state index is -4.33. The maximum absolute atomic E-state index is 12.9. The number of benzene rings is 1. The summed E-state index contributed by atoms with van der Waals surface area (Å²) < 4.78 is 40.1. The van der Waals surface area contributed by atoms with Crippen molar-refractivity contribution in [2.75, 3.05) is 20.1 Å². The minimum Gasteiger partial charge on any atom is -0.322 e. The van der Waals surface area contributed by atoms with Crippen LogP contribution in [0.3, 0.4) is 0 Å². The molecule has 2 aromatic rings. The van der Waals surface area contributed by atoms with Crippen molar-refractivity contribution >= 4 is 17.6 Å². The quantitative estimate of drug-likeness (QED) is 0.732. The molecule has 9 heteroatoms. The Morgan fingerprint density at radius 3 is 2.55 bits per heavy atom. The minimum absolute atomic E-state index is 0.167. The lowest BCUT2D eigenvalue weighted by atomic mass is 10.0. The van der Waals surface area contributed by atoms with Crippen molar-refractivity contribution in [3.8, 4) is 0 Å². The van der Waals surface area contributed by atoms with Crippen LogP contribution in [0.4, 0.5) is 18.0 Å². The first kappa shape index (κ1) is 20.2. The topological polar surface area (TPSA) is 41.4 Å². The molecule has 2 aliphatic rings. The normalized spacial score (nSPS) is 24.3. The summed E-state index contributed by atoms with van der Waals surface area (Å²) in [5.41, 5.74) is 0.0475. The second kappa shape index (κ2) is 7.65. The Kier molecular flexibility index (Phi) is 5.33. The Labute approximate surface area is 172 Å². The van der Waals surface area contributed by atoms with Gasteiger partial charge in [-0.1, -0.05) is 29.8 Å². The van der Waals surface area contributed by atoms with Crippen LogP contribution in [0.5, 0.6) is 0 Å². The van der Waals surface area contributed by atoms with Gasteiger partial charge in [-0.15, -0.1) is 0 Å². The Balaban J connectivity index is 1.34. The molecule has 1 aromatic carbocycles. The molecule has 1 aliphatic carbocycles. The summed E-state index contributed by atoms with van der Waals surface area (Å²) in [5.74, 6) is 0.804. The number of amides is 1. The lowest BCUT2D eigenvalue weighted by Crippen LogP contribution is -2.36. The molecule has 2 fully saturated rings. The van der Waals surface area contributed by atoms with Crippen LogP contribution < -0.4 is 0 Å². The number of fused-ring (bicyclic) bond motifs is 1. The van der Waals surface area contributed by atoms with Gasteiger partial charge in [-0.25, -0.2) is 4.79 Å². The Bertz CT molecular complexity index is 886. The average molecular weight is 427 g/mol. The number of hydrogen-bond donors (Lipinski definition) is 0. The largest absolute Gasteiger partial charge is 0.416 e. The van der Waals surface area contributed by atoms with Gasteiger partial charge in [0, 0.05) is 25.7 Å². The molecule has 0 radical (unpaired) electrons. The van der Waals surface area contributed by atoms with Gasteiger partial charge in [-0.2, -0.15) is 23.0 Å². The van der Waals surface area contributed by atoms with Gasteiger partial charge in [0.2, 0.25) is 0 Å². The smallest absolute Gasteiger partial charge is 0.322 e. The van der Waals surface area contributed by atoms with E-state index in [0.29, 0.717) is 48.1 Å². The van der Waals surface area contributed by atoms with E-state index in [-0.39, 0.29) is 6.03 Å². The number of carbonyl (C=O) groups is 1. The zero-order valence-electron chi connectivity index (χ0n) is 15.9. The third kappa shape index (κ3) is 4.28. The number of halogens is 4. The van der Waals surface area contributed by atoms with Crippen LogP contribution in [0.2, 0.25) is 5.02 Å². The lowest BCUT2D eigenvalue weighted by Gasteiger charge is -2.26. The SMILES string of the molecule is CN(Cc1cccc(C(F)(F)F)c1)C1C[C@@H]2CN(C(=O)n3cc(Cl)cn3)C[C@@H]2C1. The highest BCUT2D eigenvalue weighted by molar-refractivity contribution is 6.30. The van der Waals surface area contributed by atoms with E-state index in [4.69, 9.17) is 11.6 Å². The van der Waals surface area contributed by atoms with Gasteiger partial charge in [-0.3, -0.25) is 4.90 Å². The molecule has 4 rings (SSSR count). The van der Waals surface area contributed by atoms with Gasteiger partial charge < -0.3 is 4.90 Å². The van der Waals surface area contributed by atoms with Crippen LogP contribution in [0.15, 0.2) is 36.7 Å². The van der Waals surface area contributed by atoms with E-state index in [9.17, 15) is 18.0 Å². The zero-order valence-corrected chi connectivity index (χ0v) is 16.7. The van der Waals surface area contributed by atoms with Crippen molar-refractivity contribution in [3.63, 3.8) is 0 Å². The summed E-state index contributed by atoms with van der Waals surface area (Å²) in [6, 6.07) is 5.65. The monoisotopic (exact) mass is 426 g/mol. The van der Waals surface area contributed by atoms with Gasteiger partial charge in [-0.05, 0) is 43.4 Å². The number of carbonyl (C=O) groups excluding carboxylic acids is 1. The van der Waals surface area contributed by atoms with Crippen molar-refractivity contribution in [3.05, 3.63) is 52.8 Å². The van der Waals surface area contributed by atoms with Crippen LogP contribution in [-0.4, -0.2) is 51.8 Å². The number of hydrogen-bond acceptors (Lipinski definition) is 3. The molecule has 0 spiro atoms. The molecule has 29 heavy (non-hydrogen) atoms. The van der Waals surface area contributed by atoms with E-state index in [1.165, 1.54) is 29.2 Å². The average Bonchev–Trinajstić information content (AvgIpc) is 3.35. The maximum Gasteiger partial charge on any atom is 0.416 e. The third-order valence-electron chi connectivity index (χ3n) is 6.05. The van der Waals surface area contributed by atoms with Gasteiger partial charge in [0.25, 0.3) is 0 Å². The first-order valence-electron chi connectivity index (χ1n) is 9.56. The number of likely N-dealkylation sites (tertiary alicyclic amines) is 1. The summed E-state index contributed by atoms with van der Waals surface area (Å²) >= 11 is 5.84. The lowest BCUT2D eigenvalue weighted by molar-refractivity contribution is -0.137. The predicted octanol–water partition coefficient (Wildman–Crippen LogP) is 4.37. The van der Waals surface area contributed by atoms with Crippen LogP contribution in [0.25, 0.3) is 0 Å². The van der Waals surface area contributed by atoms with Gasteiger partial charge in [0.15, 0.2) is 0 Å². The first-order valence-corrected chi connectivity index (χ1v) is 9.94. The Morgan fingerprint density at radius 1 is 1.28 bits per heavy atom. The number of alkyl halides is 3. The maximum atomic E-state index is 12.9. The molecule has 156 valence electrons. The fourth-order valence-electron chi connectivity index (χ4n) is 4.60. The van der Waals surface area contributed by atoms with Crippen molar-refractivity contribution in [1.82, 2.24) is 19.6 Å². The predicted molar refractivity (Wildman–Crippen MR) is 103 cm³/mol. The van der Waals surface area contributed by atoms with Gasteiger partial charge >= 0.3 is 12.2 Å². The van der Waals surface area contributed by atoms with Crippen molar-refractivity contribution in [2.45, 2.75) is 31.6 Å². The van der Waals surface area contributed by atoms with Crippen molar-refractivity contribution < 1.29 is 18.0 Å². The van der Waals surface area contributed by atoms with Crippen LogP contribution in [0, 0.1) is 11.8 Å². The molecule has 5 nitrogen and oxygen atoms in total. The molecule has 1 aliphatic heterocycles. The second-order valence-corrected chi connectivity index (χ2v) is 8.49. The molecule has 0 N–H and O–H groups in total. The molecular weight excluding hydrogens is 405 g/mol. The zero-order chi connectivity index (χ0) is 20.8. The standard InChI is InChI=1S/C20H22ClF3N4O/c1-26(9-13-3-2-4-16(5-13)20(22,23)24)18-6-14-10-27(11-15(14)7-18)19(29)28-12-17(21)8-25-28/h2-5,8,12,14-15,18H,6-7,9-11H2,1H3/t14-,15+,18?. The van der Waals surface area contributed by atoms with Crippen molar-refractivity contribution in [1.29, 1.82) is 0 Å². The summed E-state index contributed by atoms with van der Waals surface area (Å²) in [5, 5.41) is 4.40. The molecule has 2 heterocycles. The van der Waals surface area contributed by atoms with Gasteiger partial charge in [0.05, 0.1) is 23.0 Å². The fraction of sp³-hybridized carbons (Fsp3) is 0.500. The Hall–Kier alpha value is -2.06. The van der Waals surface area contributed by atoms with Crippen molar-refractivity contribution in [2.24, 2.45) is 11.8 Å². The van der Waals surface area contributed by atoms with E-state index in [2.05, 4.69) is 10.00 Å². The van der Waals surface area contributed by atoms with E-state index in [1.807, 2.05) is 11.9 Å². The highest BCUT2D eigenvalue weighted by Crippen LogP contribution is 2.40. The molecule has 1 amide bonds. The molecular formula is C20H22ClF3N4O. The number of nitrogens with zero attached hydrogens (tertiary/aromatic N) is 4. The molecule has 1 saturated carbocycles. The van der Waals surface area contributed by atoms with E-state index >= 15 is 0 Å². The summed E-state index contributed by atoms with van der Waals surface area (Å²) in [4.78, 5) is 16.5. The fourth-order valence-corrected chi connectivity index (χ4v) is 4.73. The second-order valence-electron chi connectivity index (χ2n) is 8.05. The van der Waals surface area contributed by atoms with E-state index in [0.717, 1.165) is 18.9 Å². The first-order chi connectivity index (χ1) is 13.7. The number of aromatic nitrogens is 2. The Morgan fingerprint density at radius 2 is 1.97 bits per heavy atom. The summed E-state index contributed by atoms with van der Waals surface area (Å²) in [6.45, 7) is 1.83. The summed E-state index contributed by atoms with van der Waals surface area (Å²) in [7, 11) is 1.96.